The lowest BCUT2D eigenvalue weighted by atomic mass is 10.2. The average Bonchev–Trinajstić information content (AvgIpc) is 2.40. The molecule has 0 saturated carbocycles. The number of sulfonamides is 1. The van der Waals surface area contributed by atoms with E-state index in [1.165, 1.54) is 0 Å². The summed E-state index contributed by atoms with van der Waals surface area (Å²) in [5, 5.41) is 0. The lowest BCUT2D eigenvalue weighted by molar-refractivity contribution is 0.600. The van der Waals surface area contributed by atoms with Crippen molar-refractivity contribution in [2.45, 2.75) is 6.42 Å². The van der Waals surface area contributed by atoms with Gasteiger partial charge in [-0.15, -0.1) is 0 Å². The molecule has 1 heterocycles. The highest BCUT2D eigenvalue weighted by Crippen LogP contribution is 2.21. The van der Waals surface area contributed by atoms with Crippen LogP contribution in [-0.4, -0.2) is 19.2 Å². The number of aromatic nitrogens is 1. The molecule has 2 rings (SSSR count). The standard InChI is InChI=1S/C13H13BrN2O2S/c14-12-10-15-8-6-13(12)16-19(17,18)9-7-11-4-2-1-3-5-11/h1-6,8,10H,7,9H2,(H,15,16). The van der Waals surface area contributed by atoms with Gasteiger partial charge in [0.1, 0.15) is 0 Å². The van der Waals surface area contributed by atoms with E-state index in [4.69, 9.17) is 0 Å². The Morgan fingerprint density at radius 3 is 2.58 bits per heavy atom. The number of benzene rings is 1. The minimum Gasteiger partial charge on any atom is -0.282 e. The Labute approximate surface area is 121 Å². The molecule has 0 aliphatic rings. The van der Waals surface area contributed by atoms with E-state index in [-0.39, 0.29) is 5.75 Å². The quantitative estimate of drug-likeness (QED) is 0.910. The van der Waals surface area contributed by atoms with E-state index in [0.717, 1.165) is 5.56 Å². The summed E-state index contributed by atoms with van der Waals surface area (Å²) < 4.78 is 27.1. The average molecular weight is 341 g/mol. The molecular formula is C13H13BrN2O2S. The normalized spacial score (nSPS) is 11.2. The number of halogens is 1. The van der Waals surface area contributed by atoms with E-state index in [1.54, 1.807) is 18.5 Å². The van der Waals surface area contributed by atoms with Crippen LogP contribution in [0.4, 0.5) is 5.69 Å². The number of nitrogens with one attached hydrogen (secondary N) is 1. The molecule has 0 bridgehead atoms. The minimum atomic E-state index is -3.36. The number of nitrogens with zero attached hydrogens (tertiary/aromatic N) is 1. The maximum Gasteiger partial charge on any atom is 0.233 e. The van der Waals surface area contributed by atoms with Gasteiger partial charge in [0.15, 0.2) is 0 Å². The second-order valence-electron chi connectivity index (χ2n) is 4.01. The molecule has 0 amide bonds. The fourth-order valence-electron chi connectivity index (χ4n) is 1.57. The molecule has 0 spiro atoms. The van der Waals surface area contributed by atoms with Crippen LogP contribution in [-0.2, 0) is 16.4 Å². The van der Waals surface area contributed by atoms with Crippen molar-refractivity contribution in [3.05, 3.63) is 58.8 Å². The van der Waals surface area contributed by atoms with Gasteiger partial charge in [-0.3, -0.25) is 9.71 Å². The van der Waals surface area contributed by atoms with E-state index in [0.29, 0.717) is 16.6 Å². The third-order valence-electron chi connectivity index (χ3n) is 2.54. The Balaban J connectivity index is 2.02. The van der Waals surface area contributed by atoms with Crippen LogP contribution < -0.4 is 4.72 Å². The lowest BCUT2D eigenvalue weighted by Gasteiger charge is -2.09. The van der Waals surface area contributed by atoms with E-state index >= 15 is 0 Å². The van der Waals surface area contributed by atoms with Crippen molar-refractivity contribution in [1.29, 1.82) is 0 Å². The molecule has 1 aromatic heterocycles. The first-order chi connectivity index (χ1) is 9.07. The summed E-state index contributed by atoms with van der Waals surface area (Å²) in [5.74, 6) is 0.0474. The van der Waals surface area contributed by atoms with Crippen molar-refractivity contribution >= 4 is 31.6 Å². The summed E-state index contributed by atoms with van der Waals surface area (Å²) in [7, 11) is -3.36. The van der Waals surface area contributed by atoms with Gasteiger partial charge >= 0.3 is 0 Å². The van der Waals surface area contributed by atoms with Gasteiger partial charge in [-0.05, 0) is 34.0 Å². The molecule has 0 fully saturated rings. The van der Waals surface area contributed by atoms with E-state index in [9.17, 15) is 8.42 Å². The van der Waals surface area contributed by atoms with Gasteiger partial charge < -0.3 is 0 Å². The first-order valence-electron chi connectivity index (χ1n) is 5.71. The summed E-state index contributed by atoms with van der Waals surface area (Å²) in [6.45, 7) is 0. The maximum absolute atomic E-state index is 12.0. The summed E-state index contributed by atoms with van der Waals surface area (Å²) in [6, 6.07) is 11.1. The Kier molecular flexibility index (Phi) is 4.55. The Hall–Kier alpha value is -1.40. The zero-order valence-corrected chi connectivity index (χ0v) is 12.5. The Morgan fingerprint density at radius 1 is 1.16 bits per heavy atom. The molecule has 0 aliphatic heterocycles. The van der Waals surface area contributed by atoms with E-state index in [1.807, 2.05) is 30.3 Å². The van der Waals surface area contributed by atoms with Crippen molar-refractivity contribution in [1.82, 2.24) is 4.98 Å². The zero-order valence-electron chi connectivity index (χ0n) is 10.1. The summed E-state index contributed by atoms with van der Waals surface area (Å²) >= 11 is 3.26. The van der Waals surface area contributed by atoms with E-state index < -0.39 is 10.0 Å². The highest BCUT2D eigenvalue weighted by Gasteiger charge is 2.12. The number of hydrogen-bond donors (Lipinski definition) is 1. The predicted octanol–water partition coefficient (Wildman–Crippen LogP) is 2.83. The van der Waals surface area contributed by atoms with Gasteiger partial charge in [-0.1, -0.05) is 30.3 Å². The molecule has 4 nitrogen and oxygen atoms in total. The highest BCUT2D eigenvalue weighted by atomic mass is 79.9. The molecule has 0 unspecified atom stereocenters. The largest absolute Gasteiger partial charge is 0.282 e. The number of aryl methyl sites for hydroxylation is 1. The summed E-state index contributed by atoms with van der Waals surface area (Å²) in [5.41, 5.74) is 1.50. The minimum absolute atomic E-state index is 0.0474. The van der Waals surface area contributed by atoms with Crippen molar-refractivity contribution in [3.8, 4) is 0 Å². The zero-order chi connectivity index (χ0) is 13.7. The van der Waals surface area contributed by atoms with Crippen molar-refractivity contribution in [3.63, 3.8) is 0 Å². The van der Waals surface area contributed by atoms with Crippen LogP contribution in [0.3, 0.4) is 0 Å². The monoisotopic (exact) mass is 340 g/mol. The fourth-order valence-corrected chi connectivity index (χ4v) is 3.17. The number of anilines is 1. The molecule has 100 valence electrons. The molecule has 1 aromatic carbocycles. The van der Waals surface area contributed by atoms with Gasteiger partial charge in [-0.2, -0.15) is 0 Å². The van der Waals surface area contributed by atoms with Crippen LogP contribution in [0.2, 0.25) is 0 Å². The smallest absolute Gasteiger partial charge is 0.233 e. The summed E-state index contributed by atoms with van der Waals surface area (Å²) in [6.07, 6.45) is 3.58. The SMILES string of the molecule is O=S(=O)(CCc1ccccc1)Nc1ccncc1Br. The second-order valence-corrected chi connectivity index (χ2v) is 6.71. The number of rotatable bonds is 5. The molecule has 0 aliphatic carbocycles. The third kappa shape index (κ3) is 4.33. The fraction of sp³-hybridized carbons (Fsp3) is 0.154. The molecule has 19 heavy (non-hydrogen) atoms. The van der Waals surface area contributed by atoms with Crippen LogP contribution in [0.5, 0.6) is 0 Å². The first-order valence-corrected chi connectivity index (χ1v) is 8.15. The van der Waals surface area contributed by atoms with Crippen LogP contribution in [0.15, 0.2) is 53.3 Å². The maximum atomic E-state index is 12.0. The topological polar surface area (TPSA) is 59.1 Å². The third-order valence-corrected chi connectivity index (χ3v) is 4.44. The van der Waals surface area contributed by atoms with Gasteiger partial charge in [0, 0.05) is 12.4 Å². The van der Waals surface area contributed by atoms with Crippen molar-refractivity contribution < 1.29 is 8.42 Å². The van der Waals surface area contributed by atoms with Gasteiger partial charge in [-0.25, -0.2) is 8.42 Å². The van der Waals surface area contributed by atoms with Gasteiger partial charge in [0.25, 0.3) is 0 Å². The van der Waals surface area contributed by atoms with Gasteiger partial charge in [0.05, 0.1) is 15.9 Å². The molecule has 2 aromatic rings. The summed E-state index contributed by atoms with van der Waals surface area (Å²) in [4.78, 5) is 3.89. The van der Waals surface area contributed by atoms with Crippen LogP contribution in [0, 0.1) is 0 Å². The van der Waals surface area contributed by atoms with Gasteiger partial charge in [0.2, 0.25) is 10.0 Å². The lowest BCUT2D eigenvalue weighted by Crippen LogP contribution is -2.18. The Bertz CT molecular complexity index is 645. The first kappa shape index (κ1) is 14.0. The highest BCUT2D eigenvalue weighted by molar-refractivity contribution is 9.10. The second kappa shape index (κ2) is 6.16. The van der Waals surface area contributed by atoms with E-state index in [2.05, 4.69) is 25.6 Å². The molecule has 0 saturated heterocycles. The van der Waals surface area contributed by atoms with Crippen LogP contribution in [0.25, 0.3) is 0 Å². The number of hydrogen-bond acceptors (Lipinski definition) is 3. The molecular weight excluding hydrogens is 328 g/mol. The Morgan fingerprint density at radius 2 is 1.89 bits per heavy atom. The molecule has 0 radical (unpaired) electrons. The van der Waals surface area contributed by atoms with Crippen molar-refractivity contribution in [2.75, 3.05) is 10.5 Å². The van der Waals surface area contributed by atoms with Crippen molar-refractivity contribution in [2.24, 2.45) is 0 Å². The molecule has 0 atom stereocenters. The van der Waals surface area contributed by atoms with Crippen LogP contribution in [0.1, 0.15) is 5.56 Å². The number of pyridine rings is 1. The predicted molar refractivity (Wildman–Crippen MR) is 79.5 cm³/mol. The molecule has 6 heteroatoms. The molecule has 1 N–H and O–H groups in total. The van der Waals surface area contributed by atoms with Crippen LogP contribution >= 0.6 is 15.9 Å².